The molecule has 0 fully saturated rings. The van der Waals surface area contributed by atoms with Crippen LogP contribution in [0, 0.1) is 23.7 Å². The molecule has 86 valence electrons. The van der Waals surface area contributed by atoms with Gasteiger partial charge in [-0.25, -0.2) is 0 Å². The standard InChI is InChI=1S/C13H16ClNO/c1-10-8-11(14)4-5-12(10)16-7-6-13(2,3)9-15/h4-5,8H,6-7H2,1-3H3. The fourth-order valence-electron chi connectivity index (χ4n) is 1.25. The molecule has 0 radical (unpaired) electrons. The molecule has 0 heterocycles. The van der Waals surface area contributed by atoms with Gasteiger partial charge in [0.15, 0.2) is 0 Å². The lowest BCUT2D eigenvalue weighted by atomic mass is 9.92. The van der Waals surface area contributed by atoms with Crippen molar-refractivity contribution in [1.82, 2.24) is 0 Å². The quantitative estimate of drug-likeness (QED) is 0.794. The van der Waals surface area contributed by atoms with Crippen LogP contribution in [0.1, 0.15) is 25.8 Å². The minimum absolute atomic E-state index is 0.333. The molecular formula is C13H16ClNO. The summed E-state index contributed by atoms with van der Waals surface area (Å²) in [6.07, 6.45) is 0.714. The van der Waals surface area contributed by atoms with Crippen LogP contribution < -0.4 is 4.74 Å². The van der Waals surface area contributed by atoms with Crippen molar-refractivity contribution in [1.29, 1.82) is 5.26 Å². The van der Waals surface area contributed by atoms with E-state index in [2.05, 4.69) is 6.07 Å². The van der Waals surface area contributed by atoms with Crippen molar-refractivity contribution in [3.05, 3.63) is 28.8 Å². The van der Waals surface area contributed by atoms with Gasteiger partial charge in [-0.1, -0.05) is 11.6 Å². The highest BCUT2D eigenvalue weighted by molar-refractivity contribution is 6.30. The highest BCUT2D eigenvalue weighted by Crippen LogP contribution is 2.24. The molecule has 0 saturated carbocycles. The van der Waals surface area contributed by atoms with E-state index in [9.17, 15) is 0 Å². The molecule has 0 atom stereocenters. The van der Waals surface area contributed by atoms with Gasteiger partial charge in [0.1, 0.15) is 5.75 Å². The van der Waals surface area contributed by atoms with E-state index < -0.39 is 0 Å². The molecule has 0 aliphatic rings. The Bertz CT molecular complexity index is 407. The number of benzene rings is 1. The predicted molar refractivity (Wildman–Crippen MR) is 65.7 cm³/mol. The van der Waals surface area contributed by atoms with Gasteiger partial charge in [0, 0.05) is 5.02 Å². The molecule has 0 aliphatic carbocycles. The summed E-state index contributed by atoms with van der Waals surface area (Å²) in [6, 6.07) is 7.78. The van der Waals surface area contributed by atoms with Crippen molar-refractivity contribution in [2.45, 2.75) is 27.2 Å². The third-order valence-corrected chi connectivity index (χ3v) is 2.66. The monoisotopic (exact) mass is 237 g/mol. The van der Waals surface area contributed by atoms with Gasteiger partial charge in [0.2, 0.25) is 0 Å². The number of hydrogen-bond acceptors (Lipinski definition) is 2. The zero-order valence-electron chi connectivity index (χ0n) is 9.88. The van der Waals surface area contributed by atoms with Crippen LogP contribution in [0.25, 0.3) is 0 Å². The average Bonchev–Trinajstić information content (AvgIpc) is 2.21. The summed E-state index contributed by atoms with van der Waals surface area (Å²) in [5.74, 6) is 0.832. The highest BCUT2D eigenvalue weighted by Gasteiger charge is 2.16. The van der Waals surface area contributed by atoms with Crippen LogP contribution in [0.15, 0.2) is 18.2 Å². The van der Waals surface area contributed by atoms with Crippen molar-refractivity contribution in [2.24, 2.45) is 5.41 Å². The maximum Gasteiger partial charge on any atom is 0.122 e. The smallest absolute Gasteiger partial charge is 0.122 e. The topological polar surface area (TPSA) is 33.0 Å². The molecule has 0 aliphatic heterocycles. The first-order valence-electron chi connectivity index (χ1n) is 5.25. The zero-order valence-corrected chi connectivity index (χ0v) is 10.6. The Morgan fingerprint density at radius 3 is 2.69 bits per heavy atom. The molecule has 0 N–H and O–H groups in total. The van der Waals surface area contributed by atoms with E-state index in [4.69, 9.17) is 21.6 Å². The molecule has 16 heavy (non-hydrogen) atoms. The number of rotatable bonds is 4. The molecule has 0 saturated heterocycles. The van der Waals surface area contributed by atoms with Crippen LogP contribution >= 0.6 is 11.6 Å². The second-order valence-electron chi connectivity index (χ2n) is 4.50. The van der Waals surface area contributed by atoms with Crippen molar-refractivity contribution in [3.8, 4) is 11.8 Å². The first kappa shape index (κ1) is 12.9. The van der Waals surface area contributed by atoms with E-state index in [1.54, 1.807) is 6.07 Å². The second kappa shape index (κ2) is 5.23. The number of nitrogens with zero attached hydrogens (tertiary/aromatic N) is 1. The molecule has 1 aromatic rings. The van der Waals surface area contributed by atoms with Gasteiger partial charge in [-0.15, -0.1) is 0 Å². The summed E-state index contributed by atoms with van der Waals surface area (Å²) >= 11 is 5.85. The molecule has 0 unspecified atom stereocenters. The Morgan fingerprint density at radius 1 is 1.44 bits per heavy atom. The van der Waals surface area contributed by atoms with Crippen LogP contribution in [-0.4, -0.2) is 6.61 Å². The first-order valence-corrected chi connectivity index (χ1v) is 5.62. The molecule has 3 heteroatoms. The Labute approximate surface area is 102 Å². The summed E-state index contributed by atoms with van der Waals surface area (Å²) in [5, 5.41) is 9.57. The Morgan fingerprint density at radius 2 is 2.12 bits per heavy atom. The molecular weight excluding hydrogens is 222 g/mol. The molecule has 1 rings (SSSR count). The number of hydrogen-bond donors (Lipinski definition) is 0. The predicted octanol–water partition coefficient (Wildman–Crippen LogP) is 3.97. The Balaban J connectivity index is 2.53. The summed E-state index contributed by atoms with van der Waals surface area (Å²) in [6.45, 7) is 6.32. The summed E-state index contributed by atoms with van der Waals surface area (Å²) < 4.78 is 5.62. The zero-order chi connectivity index (χ0) is 12.2. The SMILES string of the molecule is Cc1cc(Cl)ccc1OCCC(C)(C)C#N. The van der Waals surface area contributed by atoms with Gasteiger partial charge in [-0.05, 0) is 51.0 Å². The molecule has 0 aromatic heterocycles. The van der Waals surface area contributed by atoms with Crippen molar-refractivity contribution >= 4 is 11.6 Å². The third kappa shape index (κ3) is 3.75. The Kier molecular flexibility index (Phi) is 4.20. The first-order chi connectivity index (χ1) is 7.44. The van der Waals surface area contributed by atoms with E-state index in [1.165, 1.54) is 0 Å². The molecule has 0 bridgehead atoms. The average molecular weight is 238 g/mol. The largest absolute Gasteiger partial charge is 0.493 e. The van der Waals surface area contributed by atoms with Crippen LogP contribution in [0.4, 0.5) is 0 Å². The van der Waals surface area contributed by atoms with Crippen LogP contribution in [0.5, 0.6) is 5.75 Å². The number of aryl methyl sites for hydroxylation is 1. The maximum atomic E-state index is 8.86. The number of ether oxygens (including phenoxy) is 1. The van der Waals surface area contributed by atoms with Crippen LogP contribution in [0.2, 0.25) is 5.02 Å². The number of halogens is 1. The minimum atomic E-state index is -0.333. The summed E-state index contributed by atoms with van der Waals surface area (Å²) in [4.78, 5) is 0. The summed E-state index contributed by atoms with van der Waals surface area (Å²) in [7, 11) is 0. The van der Waals surface area contributed by atoms with E-state index in [-0.39, 0.29) is 5.41 Å². The number of nitriles is 1. The molecule has 2 nitrogen and oxygen atoms in total. The van der Waals surface area contributed by atoms with E-state index in [0.717, 1.165) is 11.3 Å². The van der Waals surface area contributed by atoms with Crippen LogP contribution in [0.3, 0.4) is 0 Å². The van der Waals surface area contributed by atoms with Crippen LogP contribution in [-0.2, 0) is 0 Å². The lowest BCUT2D eigenvalue weighted by molar-refractivity contribution is 0.263. The highest BCUT2D eigenvalue weighted by atomic mass is 35.5. The van der Waals surface area contributed by atoms with Crippen molar-refractivity contribution in [2.75, 3.05) is 6.61 Å². The molecule has 0 spiro atoms. The fraction of sp³-hybridized carbons (Fsp3) is 0.462. The van der Waals surface area contributed by atoms with E-state index in [1.807, 2.05) is 32.9 Å². The van der Waals surface area contributed by atoms with Gasteiger partial charge in [0.25, 0.3) is 0 Å². The maximum absolute atomic E-state index is 8.86. The minimum Gasteiger partial charge on any atom is -0.493 e. The van der Waals surface area contributed by atoms with Gasteiger partial charge in [0.05, 0.1) is 18.1 Å². The van der Waals surface area contributed by atoms with Gasteiger partial charge in [-0.2, -0.15) is 5.26 Å². The fourth-order valence-corrected chi connectivity index (χ4v) is 1.47. The van der Waals surface area contributed by atoms with Gasteiger partial charge >= 0.3 is 0 Å². The Hall–Kier alpha value is -1.20. The normalized spacial score (nSPS) is 10.9. The molecule has 1 aromatic carbocycles. The van der Waals surface area contributed by atoms with Crippen molar-refractivity contribution < 1.29 is 4.74 Å². The van der Waals surface area contributed by atoms with E-state index in [0.29, 0.717) is 18.1 Å². The van der Waals surface area contributed by atoms with Crippen molar-refractivity contribution in [3.63, 3.8) is 0 Å². The lowest BCUT2D eigenvalue weighted by Gasteiger charge is -2.16. The van der Waals surface area contributed by atoms with Gasteiger partial charge in [-0.3, -0.25) is 0 Å². The lowest BCUT2D eigenvalue weighted by Crippen LogP contribution is -2.13. The van der Waals surface area contributed by atoms with Gasteiger partial charge < -0.3 is 4.74 Å². The third-order valence-electron chi connectivity index (χ3n) is 2.42. The molecule has 0 amide bonds. The second-order valence-corrected chi connectivity index (χ2v) is 4.94. The summed E-state index contributed by atoms with van der Waals surface area (Å²) in [5.41, 5.74) is 0.683. The van der Waals surface area contributed by atoms with E-state index >= 15 is 0 Å².